The summed E-state index contributed by atoms with van der Waals surface area (Å²) < 4.78 is 11.1. The molecule has 116 valence electrons. The van der Waals surface area contributed by atoms with E-state index < -0.39 is 5.79 Å². The molecule has 0 spiro atoms. The molecule has 0 fully saturated rings. The SMILES string of the molecule is CCCCCCCCC1=CC(=O)CC1(OC)OCCO. The largest absolute Gasteiger partial charge is 0.394 e. The third-order valence-corrected chi connectivity index (χ3v) is 3.79. The standard InChI is InChI=1S/C16H28O4/c1-3-4-5-6-7-8-9-14-12-15(18)13-16(14,19-2)20-11-10-17/h12,17H,3-11,13H2,1-2H3. The number of ether oxygens (including phenoxy) is 2. The fourth-order valence-electron chi connectivity index (χ4n) is 2.67. The maximum absolute atomic E-state index is 11.7. The van der Waals surface area contributed by atoms with Gasteiger partial charge in [-0.2, -0.15) is 0 Å². The van der Waals surface area contributed by atoms with Crippen molar-refractivity contribution < 1.29 is 19.4 Å². The molecule has 0 aromatic heterocycles. The number of unbranched alkanes of at least 4 members (excludes halogenated alkanes) is 5. The molecule has 0 amide bonds. The molecule has 0 aromatic rings. The van der Waals surface area contributed by atoms with E-state index in [0.717, 1.165) is 18.4 Å². The van der Waals surface area contributed by atoms with Gasteiger partial charge in [0.1, 0.15) is 0 Å². The number of hydrogen-bond donors (Lipinski definition) is 1. The number of carbonyl (C=O) groups is 1. The summed E-state index contributed by atoms with van der Waals surface area (Å²) in [6, 6.07) is 0. The molecule has 0 aliphatic heterocycles. The van der Waals surface area contributed by atoms with Crippen molar-refractivity contribution in [2.75, 3.05) is 20.3 Å². The Balaban J connectivity index is 2.43. The Bertz CT molecular complexity index is 324. The van der Waals surface area contributed by atoms with Crippen LogP contribution in [0.1, 0.15) is 58.3 Å². The van der Waals surface area contributed by atoms with Crippen LogP contribution in [-0.4, -0.2) is 37.0 Å². The monoisotopic (exact) mass is 284 g/mol. The van der Waals surface area contributed by atoms with Gasteiger partial charge in [-0.15, -0.1) is 0 Å². The summed E-state index contributed by atoms with van der Waals surface area (Å²) in [6.45, 7) is 2.33. The summed E-state index contributed by atoms with van der Waals surface area (Å²) >= 11 is 0. The van der Waals surface area contributed by atoms with Gasteiger partial charge in [0.25, 0.3) is 0 Å². The van der Waals surface area contributed by atoms with Gasteiger partial charge in [-0.05, 0) is 24.5 Å². The van der Waals surface area contributed by atoms with Gasteiger partial charge in [-0.3, -0.25) is 4.79 Å². The second-order valence-electron chi connectivity index (χ2n) is 5.36. The number of allylic oxidation sites excluding steroid dienone is 1. The van der Waals surface area contributed by atoms with Gasteiger partial charge in [0.2, 0.25) is 0 Å². The van der Waals surface area contributed by atoms with Crippen LogP contribution in [0.5, 0.6) is 0 Å². The van der Waals surface area contributed by atoms with Crippen LogP contribution in [0, 0.1) is 0 Å². The Morgan fingerprint density at radius 2 is 1.95 bits per heavy atom. The first kappa shape index (κ1) is 17.3. The predicted octanol–water partition coefficient (Wildman–Crippen LogP) is 2.99. The minimum atomic E-state index is -0.927. The van der Waals surface area contributed by atoms with E-state index in [2.05, 4.69) is 6.92 Å². The van der Waals surface area contributed by atoms with Crippen molar-refractivity contribution in [2.45, 2.75) is 64.1 Å². The summed E-state index contributed by atoms with van der Waals surface area (Å²) in [5.41, 5.74) is 0.925. The van der Waals surface area contributed by atoms with E-state index in [9.17, 15) is 4.79 Å². The van der Waals surface area contributed by atoms with Crippen LogP contribution in [0.25, 0.3) is 0 Å². The molecule has 0 radical (unpaired) electrons. The first-order chi connectivity index (χ1) is 9.68. The lowest BCUT2D eigenvalue weighted by molar-refractivity contribution is -0.199. The molecule has 1 aliphatic carbocycles. The fraction of sp³-hybridized carbons (Fsp3) is 0.812. The van der Waals surface area contributed by atoms with Crippen molar-refractivity contribution in [2.24, 2.45) is 0 Å². The van der Waals surface area contributed by atoms with Crippen LogP contribution in [-0.2, 0) is 14.3 Å². The summed E-state index contributed by atoms with van der Waals surface area (Å²) in [4.78, 5) is 11.7. The van der Waals surface area contributed by atoms with Gasteiger partial charge in [0.15, 0.2) is 11.6 Å². The highest BCUT2D eigenvalue weighted by atomic mass is 16.7. The van der Waals surface area contributed by atoms with Gasteiger partial charge in [-0.1, -0.05) is 39.0 Å². The smallest absolute Gasteiger partial charge is 0.198 e. The molecule has 4 heteroatoms. The normalized spacial score (nSPS) is 22.4. The first-order valence-corrected chi connectivity index (χ1v) is 7.72. The topological polar surface area (TPSA) is 55.8 Å². The van der Waals surface area contributed by atoms with E-state index in [4.69, 9.17) is 14.6 Å². The lowest BCUT2D eigenvalue weighted by atomic mass is 10.0. The van der Waals surface area contributed by atoms with Crippen LogP contribution in [0.3, 0.4) is 0 Å². The van der Waals surface area contributed by atoms with Gasteiger partial charge in [-0.25, -0.2) is 0 Å². The van der Waals surface area contributed by atoms with Crippen LogP contribution in [0.15, 0.2) is 11.6 Å². The van der Waals surface area contributed by atoms with E-state index in [1.807, 2.05) is 0 Å². The number of methoxy groups -OCH3 is 1. The molecule has 0 heterocycles. The van der Waals surface area contributed by atoms with Gasteiger partial charge < -0.3 is 14.6 Å². The number of aliphatic hydroxyl groups is 1. The van der Waals surface area contributed by atoms with Crippen LogP contribution in [0.4, 0.5) is 0 Å². The van der Waals surface area contributed by atoms with Crippen LogP contribution < -0.4 is 0 Å². The molecular weight excluding hydrogens is 256 g/mol. The highest BCUT2D eigenvalue weighted by molar-refractivity contribution is 5.94. The van der Waals surface area contributed by atoms with Crippen molar-refractivity contribution in [3.05, 3.63) is 11.6 Å². The molecule has 0 saturated carbocycles. The Kier molecular flexibility index (Phi) is 8.04. The van der Waals surface area contributed by atoms with Crippen molar-refractivity contribution in [3.8, 4) is 0 Å². The average Bonchev–Trinajstić information content (AvgIpc) is 2.77. The van der Waals surface area contributed by atoms with E-state index >= 15 is 0 Å². The lowest BCUT2D eigenvalue weighted by Gasteiger charge is -2.30. The highest BCUT2D eigenvalue weighted by Crippen LogP contribution is 2.36. The molecule has 0 bridgehead atoms. The van der Waals surface area contributed by atoms with Gasteiger partial charge in [0, 0.05) is 7.11 Å². The number of hydrogen-bond acceptors (Lipinski definition) is 4. The molecule has 0 saturated heterocycles. The second-order valence-corrected chi connectivity index (χ2v) is 5.36. The third-order valence-electron chi connectivity index (χ3n) is 3.79. The average molecular weight is 284 g/mol. The summed E-state index contributed by atoms with van der Waals surface area (Å²) in [7, 11) is 1.56. The first-order valence-electron chi connectivity index (χ1n) is 7.72. The Labute approximate surface area is 122 Å². The number of carbonyl (C=O) groups excluding carboxylic acids is 1. The van der Waals surface area contributed by atoms with E-state index in [-0.39, 0.29) is 25.4 Å². The van der Waals surface area contributed by atoms with E-state index in [1.165, 1.54) is 32.1 Å². The maximum Gasteiger partial charge on any atom is 0.198 e. The molecule has 1 aliphatic rings. The lowest BCUT2D eigenvalue weighted by Crippen LogP contribution is -2.36. The zero-order chi connectivity index (χ0) is 14.8. The molecule has 1 rings (SSSR count). The second kappa shape index (κ2) is 9.27. The molecule has 1 atom stereocenters. The summed E-state index contributed by atoms with van der Waals surface area (Å²) in [5.74, 6) is -0.880. The summed E-state index contributed by atoms with van der Waals surface area (Å²) in [6.07, 6.45) is 10.0. The predicted molar refractivity (Wildman–Crippen MR) is 78.5 cm³/mol. The third kappa shape index (κ3) is 5.00. The van der Waals surface area contributed by atoms with Gasteiger partial charge >= 0.3 is 0 Å². The molecule has 20 heavy (non-hydrogen) atoms. The Hall–Kier alpha value is -0.710. The van der Waals surface area contributed by atoms with Crippen molar-refractivity contribution >= 4 is 5.78 Å². The highest BCUT2D eigenvalue weighted by Gasteiger charge is 2.41. The molecule has 1 unspecified atom stereocenters. The number of rotatable bonds is 11. The quantitative estimate of drug-likeness (QED) is 0.468. The molecular formula is C16H28O4. The summed E-state index contributed by atoms with van der Waals surface area (Å²) in [5, 5.41) is 8.90. The number of aliphatic hydroxyl groups excluding tert-OH is 1. The van der Waals surface area contributed by atoms with Crippen LogP contribution in [0.2, 0.25) is 0 Å². The molecule has 0 aromatic carbocycles. The molecule has 1 N–H and O–H groups in total. The van der Waals surface area contributed by atoms with Crippen molar-refractivity contribution in [1.82, 2.24) is 0 Å². The Morgan fingerprint density at radius 3 is 2.60 bits per heavy atom. The van der Waals surface area contributed by atoms with Crippen molar-refractivity contribution in [1.29, 1.82) is 0 Å². The minimum absolute atomic E-state index is 0.0470. The fourth-order valence-corrected chi connectivity index (χ4v) is 2.67. The Morgan fingerprint density at radius 1 is 1.25 bits per heavy atom. The van der Waals surface area contributed by atoms with Gasteiger partial charge in [0.05, 0.1) is 19.6 Å². The van der Waals surface area contributed by atoms with E-state index in [1.54, 1.807) is 13.2 Å². The maximum atomic E-state index is 11.7. The minimum Gasteiger partial charge on any atom is -0.394 e. The zero-order valence-corrected chi connectivity index (χ0v) is 12.8. The van der Waals surface area contributed by atoms with E-state index in [0.29, 0.717) is 0 Å². The van der Waals surface area contributed by atoms with Crippen molar-refractivity contribution in [3.63, 3.8) is 0 Å². The molecule has 4 nitrogen and oxygen atoms in total. The van der Waals surface area contributed by atoms with Crippen LogP contribution >= 0.6 is 0 Å². The number of ketones is 1. The zero-order valence-electron chi connectivity index (χ0n) is 12.8.